The fraction of sp³-hybridized carbons (Fsp3) is 0.375. The van der Waals surface area contributed by atoms with Gasteiger partial charge in [-0.3, -0.25) is 13.9 Å². The van der Waals surface area contributed by atoms with Crippen molar-refractivity contribution in [1.29, 1.82) is 0 Å². The molecule has 0 heterocycles. The summed E-state index contributed by atoms with van der Waals surface area (Å²) in [6.45, 7) is 9.71. The molecule has 3 aromatic rings. The molecule has 9 heteroatoms. The van der Waals surface area contributed by atoms with Crippen LogP contribution in [0.1, 0.15) is 51.7 Å². The minimum Gasteiger partial charge on any atom is -0.494 e. The van der Waals surface area contributed by atoms with E-state index >= 15 is 0 Å². The average Bonchev–Trinajstić information content (AvgIpc) is 2.97. The fourth-order valence-corrected chi connectivity index (χ4v) is 5.79. The number of carbonyl (C=O) groups is 2. The second-order valence-electron chi connectivity index (χ2n) is 10.0. The summed E-state index contributed by atoms with van der Waals surface area (Å²) in [6.07, 6.45) is 1.12. The van der Waals surface area contributed by atoms with Crippen molar-refractivity contribution in [2.45, 2.75) is 71.0 Å². The molecule has 0 aliphatic carbocycles. The molecule has 0 aromatic heterocycles. The van der Waals surface area contributed by atoms with Gasteiger partial charge in [-0.2, -0.15) is 0 Å². The average molecular weight is 580 g/mol. The Bertz CT molecular complexity index is 1380. The second kappa shape index (κ2) is 14.7. The summed E-state index contributed by atoms with van der Waals surface area (Å²) in [7, 11) is -4.14. The Morgan fingerprint density at radius 2 is 1.51 bits per heavy atom. The highest BCUT2D eigenvalue weighted by Crippen LogP contribution is 2.26. The third kappa shape index (κ3) is 8.33. The first-order valence-electron chi connectivity index (χ1n) is 14.1. The number of hydrogen-bond acceptors (Lipinski definition) is 5. The van der Waals surface area contributed by atoms with Crippen LogP contribution in [0.15, 0.2) is 83.8 Å². The van der Waals surface area contributed by atoms with Crippen LogP contribution in [0.5, 0.6) is 5.75 Å². The van der Waals surface area contributed by atoms with E-state index in [4.69, 9.17) is 4.74 Å². The van der Waals surface area contributed by atoms with Gasteiger partial charge in [0, 0.05) is 12.6 Å². The number of nitrogens with zero attached hydrogens (tertiary/aromatic N) is 2. The van der Waals surface area contributed by atoms with E-state index in [0.717, 1.165) is 21.9 Å². The van der Waals surface area contributed by atoms with Gasteiger partial charge in [0.1, 0.15) is 18.3 Å². The van der Waals surface area contributed by atoms with Crippen LogP contribution in [0.25, 0.3) is 0 Å². The molecule has 8 nitrogen and oxygen atoms in total. The van der Waals surface area contributed by atoms with Gasteiger partial charge >= 0.3 is 0 Å². The topological polar surface area (TPSA) is 96.0 Å². The molecule has 0 aliphatic heterocycles. The van der Waals surface area contributed by atoms with E-state index < -0.39 is 28.5 Å². The summed E-state index contributed by atoms with van der Waals surface area (Å²) in [5.41, 5.74) is 2.27. The lowest BCUT2D eigenvalue weighted by atomic mass is 10.1. The van der Waals surface area contributed by atoms with Gasteiger partial charge in [-0.15, -0.1) is 0 Å². The molecule has 220 valence electrons. The standard InChI is InChI=1S/C32H41N3O5S/c1-6-25(5)33-32(37)30(7-2)34(22-26-16-14-24(4)15-17-26)31(36)23-35(27-12-10-9-11-13-27)41(38,39)29-20-18-28(19-21-29)40-8-3/h9-21,25,30H,6-8,22-23H2,1-5H3,(H,33,37)/t25-,30-/m1/s1. The number of sulfonamides is 1. The van der Waals surface area contributed by atoms with Crippen molar-refractivity contribution >= 4 is 27.5 Å². The molecule has 2 amide bonds. The van der Waals surface area contributed by atoms with E-state index in [1.165, 1.54) is 17.0 Å². The van der Waals surface area contributed by atoms with Crippen LogP contribution < -0.4 is 14.4 Å². The number of carbonyl (C=O) groups excluding carboxylic acids is 2. The van der Waals surface area contributed by atoms with E-state index in [1.807, 2.05) is 58.9 Å². The zero-order valence-corrected chi connectivity index (χ0v) is 25.4. The van der Waals surface area contributed by atoms with Gasteiger partial charge in [-0.1, -0.05) is 61.9 Å². The van der Waals surface area contributed by atoms with Gasteiger partial charge in [0.25, 0.3) is 10.0 Å². The van der Waals surface area contributed by atoms with E-state index in [2.05, 4.69) is 5.32 Å². The molecule has 0 fully saturated rings. The normalized spacial score (nSPS) is 12.7. The lowest BCUT2D eigenvalue weighted by Gasteiger charge is -2.33. The quantitative estimate of drug-likeness (QED) is 0.279. The first-order chi connectivity index (χ1) is 19.6. The predicted octanol–water partition coefficient (Wildman–Crippen LogP) is 5.31. The van der Waals surface area contributed by atoms with Gasteiger partial charge in [-0.05, 0) is 75.6 Å². The van der Waals surface area contributed by atoms with Crippen LogP contribution in [0.2, 0.25) is 0 Å². The first kappa shape index (κ1) is 31.7. The molecule has 3 rings (SSSR count). The van der Waals surface area contributed by atoms with Crippen LogP contribution >= 0.6 is 0 Å². The van der Waals surface area contributed by atoms with Gasteiger partial charge < -0.3 is 15.0 Å². The lowest BCUT2D eigenvalue weighted by Crippen LogP contribution is -2.53. The van der Waals surface area contributed by atoms with Crippen LogP contribution in [0.4, 0.5) is 5.69 Å². The maximum atomic E-state index is 14.1. The number of nitrogens with one attached hydrogen (secondary N) is 1. The number of amides is 2. The minimum atomic E-state index is -4.14. The monoisotopic (exact) mass is 579 g/mol. The van der Waals surface area contributed by atoms with Gasteiger partial charge in [0.15, 0.2) is 0 Å². The van der Waals surface area contributed by atoms with E-state index in [0.29, 0.717) is 24.5 Å². The Hall–Kier alpha value is -3.85. The van der Waals surface area contributed by atoms with Gasteiger partial charge in [0.2, 0.25) is 11.8 Å². The van der Waals surface area contributed by atoms with Gasteiger partial charge in [-0.25, -0.2) is 8.42 Å². The predicted molar refractivity (Wildman–Crippen MR) is 162 cm³/mol. The molecule has 2 atom stereocenters. The molecule has 0 aliphatic rings. The third-order valence-corrected chi connectivity index (χ3v) is 8.69. The van der Waals surface area contributed by atoms with Crippen LogP contribution in [-0.2, 0) is 26.2 Å². The summed E-state index contributed by atoms with van der Waals surface area (Å²) < 4.78 is 34.5. The number of ether oxygens (including phenoxy) is 1. The van der Waals surface area contributed by atoms with Crippen molar-refractivity contribution in [1.82, 2.24) is 10.2 Å². The summed E-state index contributed by atoms with van der Waals surface area (Å²) in [5.74, 6) is -0.186. The number of para-hydroxylation sites is 1. The molecule has 0 saturated carbocycles. The Morgan fingerprint density at radius 3 is 2.07 bits per heavy atom. The van der Waals surface area contributed by atoms with Gasteiger partial charge in [0.05, 0.1) is 17.2 Å². The van der Waals surface area contributed by atoms with Crippen molar-refractivity contribution in [2.24, 2.45) is 0 Å². The zero-order valence-electron chi connectivity index (χ0n) is 24.5. The van der Waals surface area contributed by atoms with E-state index in [9.17, 15) is 18.0 Å². The Labute approximate surface area is 244 Å². The minimum absolute atomic E-state index is 0.0317. The molecule has 0 unspecified atom stereocenters. The molecule has 0 saturated heterocycles. The van der Waals surface area contributed by atoms with Crippen molar-refractivity contribution in [3.05, 3.63) is 90.0 Å². The molecular formula is C32H41N3O5S. The van der Waals surface area contributed by atoms with Crippen molar-refractivity contribution in [3.8, 4) is 5.75 Å². The van der Waals surface area contributed by atoms with Crippen LogP contribution in [-0.4, -0.2) is 50.4 Å². The first-order valence-corrected chi connectivity index (χ1v) is 15.5. The zero-order chi connectivity index (χ0) is 30.0. The summed E-state index contributed by atoms with van der Waals surface area (Å²) in [6, 6.07) is 21.6. The van der Waals surface area contributed by atoms with Crippen molar-refractivity contribution in [2.75, 3.05) is 17.5 Å². The number of benzene rings is 3. The number of aryl methyl sites for hydroxylation is 1. The molecule has 41 heavy (non-hydrogen) atoms. The smallest absolute Gasteiger partial charge is 0.264 e. The summed E-state index contributed by atoms with van der Waals surface area (Å²) in [4.78, 5) is 29.0. The highest BCUT2D eigenvalue weighted by Gasteiger charge is 2.34. The number of rotatable bonds is 14. The highest BCUT2D eigenvalue weighted by atomic mass is 32.2. The molecule has 0 bridgehead atoms. The Kier molecular flexibility index (Phi) is 11.3. The van der Waals surface area contributed by atoms with Crippen molar-refractivity contribution in [3.63, 3.8) is 0 Å². The fourth-order valence-electron chi connectivity index (χ4n) is 4.38. The second-order valence-corrected chi connectivity index (χ2v) is 11.9. The van der Waals surface area contributed by atoms with E-state index in [1.54, 1.807) is 42.5 Å². The Morgan fingerprint density at radius 1 is 0.878 bits per heavy atom. The molecule has 3 aromatic carbocycles. The lowest BCUT2D eigenvalue weighted by molar-refractivity contribution is -0.140. The van der Waals surface area contributed by atoms with E-state index in [-0.39, 0.29) is 23.4 Å². The SMILES string of the molecule is CCOc1ccc(S(=O)(=O)N(CC(=O)N(Cc2ccc(C)cc2)[C@H](CC)C(=O)N[C@H](C)CC)c2ccccc2)cc1. The highest BCUT2D eigenvalue weighted by molar-refractivity contribution is 7.92. The summed E-state index contributed by atoms with van der Waals surface area (Å²) in [5, 5.41) is 2.99. The molecule has 0 spiro atoms. The third-order valence-electron chi connectivity index (χ3n) is 6.91. The molecular weight excluding hydrogens is 538 g/mol. The number of hydrogen-bond donors (Lipinski definition) is 1. The van der Waals surface area contributed by atoms with Crippen molar-refractivity contribution < 1.29 is 22.7 Å². The molecule has 0 radical (unpaired) electrons. The number of anilines is 1. The molecule has 1 N–H and O–H groups in total. The van der Waals surface area contributed by atoms with Crippen LogP contribution in [0.3, 0.4) is 0 Å². The summed E-state index contributed by atoms with van der Waals surface area (Å²) >= 11 is 0. The largest absolute Gasteiger partial charge is 0.494 e. The maximum absolute atomic E-state index is 14.1. The van der Waals surface area contributed by atoms with Crippen LogP contribution in [0, 0.1) is 6.92 Å². The maximum Gasteiger partial charge on any atom is 0.264 e. The Balaban J connectivity index is 2.02.